The first-order valence-corrected chi connectivity index (χ1v) is 9.75. The molecule has 0 aromatic carbocycles. The van der Waals surface area contributed by atoms with Crippen molar-refractivity contribution in [2.75, 3.05) is 18.8 Å². The Balaban J connectivity index is 0.000000804. The number of aromatic nitrogens is 2. The van der Waals surface area contributed by atoms with E-state index < -0.39 is 63.1 Å². The fourth-order valence-electron chi connectivity index (χ4n) is 2.56. The zero-order valence-corrected chi connectivity index (χ0v) is 16.1. The van der Waals surface area contributed by atoms with Crippen LogP contribution in [0.4, 0.5) is 5.82 Å². The third-order valence-corrected chi connectivity index (χ3v) is 3.64. The van der Waals surface area contributed by atoms with Gasteiger partial charge in [-0.25, -0.2) is 14.9 Å². The van der Waals surface area contributed by atoms with E-state index in [0.29, 0.717) is 0 Å². The number of hydrogen-bond acceptors (Lipinski definition) is 10. The molecule has 16 nitrogen and oxygen atoms in total. The SMILES string of the molecule is NP(=O)(O)O.Nc1ccn([C@H]2C[C@H](O)[C@@H](C(O)N(CC(=O)O)CC(=O)O)O2)c(=O)n1. The summed E-state index contributed by atoms with van der Waals surface area (Å²) < 4.78 is 15.6. The Hall–Kier alpha value is -2.43. The van der Waals surface area contributed by atoms with Crippen molar-refractivity contribution in [2.24, 2.45) is 5.50 Å². The molecule has 1 aliphatic rings. The van der Waals surface area contributed by atoms with Crippen molar-refractivity contribution < 1.29 is 49.1 Å². The van der Waals surface area contributed by atoms with Crippen molar-refractivity contribution in [2.45, 2.75) is 31.1 Å². The average molecular weight is 455 g/mol. The second kappa shape index (κ2) is 10.6. The topological polar surface area (TPSA) is 272 Å². The van der Waals surface area contributed by atoms with E-state index in [-0.39, 0.29) is 12.2 Å². The Labute approximate surface area is 168 Å². The number of carboxylic acid groups (broad SMARTS) is 2. The molecule has 0 aliphatic carbocycles. The van der Waals surface area contributed by atoms with Crippen LogP contribution in [0.15, 0.2) is 17.1 Å². The summed E-state index contributed by atoms with van der Waals surface area (Å²) in [5, 5.41) is 38.0. The summed E-state index contributed by atoms with van der Waals surface area (Å²) in [6, 6.07) is 1.35. The summed E-state index contributed by atoms with van der Waals surface area (Å²) in [4.78, 5) is 52.6. The highest BCUT2D eigenvalue weighted by atomic mass is 31.2. The maximum absolute atomic E-state index is 11.8. The van der Waals surface area contributed by atoms with Crippen molar-refractivity contribution in [3.05, 3.63) is 22.7 Å². The first-order chi connectivity index (χ1) is 13.7. The average Bonchev–Trinajstić information content (AvgIpc) is 2.92. The third kappa shape index (κ3) is 8.52. The van der Waals surface area contributed by atoms with E-state index in [1.807, 2.05) is 0 Å². The van der Waals surface area contributed by atoms with Gasteiger partial charge in [0.1, 0.15) is 24.4 Å². The lowest BCUT2D eigenvalue weighted by molar-refractivity contribution is -0.163. The van der Waals surface area contributed by atoms with Crippen LogP contribution in [0, 0.1) is 0 Å². The summed E-state index contributed by atoms with van der Waals surface area (Å²) in [6.07, 6.45) is -4.01. The van der Waals surface area contributed by atoms with Gasteiger partial charge in [0.15, 0.2) is 0 Å². The molecule has 1 aliphatic heterocycles. The predicted molar refractivity (Wildman–Crippen MR) is 96.5 cm³/mol. The van der Waals surface area contributed by atoms with Gasteiger partial charge in [0.25, 0.3) is 0 Å². The highest BCUT2D eigenvalue weighted by Crippen LogP contribution is 2.30. The molecular weight excluding hydrogens is 433 g/mol. The number of nitrogens with zero attached hydrogens (tertiary/aromatic N) is 3. The van der Waals surface area contributed by atoms with Crippen LogP contribution in [-0.4, -0.2) is 88.1 Å². The second-order valence-corrected chi connectivity index (χ2v) is 7.27. The molecular formula is C13H22N5O11P. The highest BCUT2D eigenvalue weighted by molar-refractivity contribution is 7.49. The molecule has 1 unspecified atom stereocenters. The van der Waals surface area contributed by atoms with E-state index in [1.165, 1.54) is 12.3 Å². The molecule has 30 heavy (non-hydrogen) atoms. The van der Waals surface area contributed by atoms with Gasteiger partial charge in [0, 0.05) is 12.6 Å². The number of hydrogen-bond donors (Lipinski definition) is 8. The number of carbonyl (C=O) groups is 2. The molecule has 1 aromatic rings. The molecule has 4 atom stereocenters. The summed E-state index contributed by atoms with van der Waals surface area (Å²) >= 11 is 0. The lowest BCUT2D eigenvalue weighted by atomic mass is 10.1. The molecule has 1 aromatic heterocycles. The maximum Gasteiger partial charge on any atom is 0.397 e. The number of nitrogen functional groups attached to an aromatic ring is 1. The summed E-state index contributed by atoms with van der Waals surface area (Å²) in [5.74, 6) is -2.71. The van der Waals surface area contributed by atoms with Crippen LogP contribution in [0.25, 0.3) is 0 Å². The van der Waals surface area contributed by atoms with Crippen LogP contribution in [-0.2, 0) is 18.9 Å². The summed E-state index contributed by atoms with van der Waals surface area (Å²) in [5.41, 5.74) is 8.69. The van der Waals surface area contributed by atoms with E-state index in [4.69, 9.17) is 35.0 Å². The Bertz CT molecular complexity index is 834. The molecule has 0 radical (unpaired) electrons. The highest BCUT2D eigenvalue weighted by Gasteiger charge is 2.42. The standard InChI is InChI=1S/C13H18N4O8.H4NO3P/c14-7-1-2-17(13(24)15-7)8-3-6(18)11(25-8)12(23)16(4-9(19)20)5-10(21)22;1-5(2,3)4/h1-2,6,8,11-12,18,23H,3-5H2,(H,19,20)(H,21,22)(H2,14,15,24);(H4,1,2,3,4)/t6-,8+,11-,12?;/m0./s1. The normalized spacial score (nSPS) is 22.3. The van der Waals surface area contributed by atoms with Crippen LogP contribution >= 0.6 is 7.75 Å². The molecule has 1 saturated heterocycles. The molecule has 0 saturated carbocycles. The third-order valence-electron chi connectivity index (χ3n) is 3.64. The molecule has 170 valence electrons. The zero-order chi connectivity index (χ0) is 23.2. The second-order valence-electron chi connectivity index (χ2n) is 6.10. The minimum Gasteiger partial charge on any atom is -0.480 e. The number of aliphatic hydroxyl groups is 2. The molecule has 0 amide bonds. The van der Waals surface area contributed by atoms with Gasteiger partial charge in [-0.15, -0.1) is 0 Å². The van der Waals surface area contributed by atoms with Gasteiger partial charge >= 0.3 is 25.4 Å². The number of nitrogens with two attached hydrogens (primary N) is 2. The Morgan fingerprint density at radius 3 is 2.27 bits per heavy atom. The number of carboxylic acids is 2. The first kappa shape index (κ1) is 25.6. The molecule has 0 spiro atoms. The van der Waals surface area contributed by atoms with Gasteiger partial charge in [-0.2, -0.15) is 4.98 Å². The van der Waals surface area contributed by atoms with Crippen LogP contribution in [0.2, 0.25) is 0 Å². The van der Waals surface area contributed by atoms with Crippen molar-refractivity contribution in [1.82, 2.24) is 14.5 Å². The quantitative estimate of drug-likeness (QED) is 0.145. The maximum atomic E-state index is 11.8. The number of aliphatic carboxylic acids is 2. The molecule has 2 heterocycles. The van der Waals surface area contributed by atoms with Crippen molar-refractivity contribution in [1.29, 1.82) is 0 Å². The van der Waals surface area contributed by atoms with Crippen molar-refractivity contribution >= 4 is 25.5 Å². The van der Waals surface area contributed by atoms with E-state index in [9.17, 15) is 24.6 Å². The van der Waals surface area contributed by atoms with Crippen LogP contribution in [0.1, 0.15) is 12.6 Å². The van der Waals surface area contributed by atoms with Gasteiger partial charge in [0.05, 0.1) is 19.2 Å². The number of aliphatic hydroxyl groups excluding tert-OH is 2. The van der Waals surface area contributed by atoms with E-state index in [2.05, 4.69) is 10.5 Å². The Morgan fingerprint density at radius 2 is 1.83 bits per heavy atom. The van der Waals surface area contributed by atoms with Crippen molar-refractivity contribution in [3.63, 3.8) is 0 Å². The molecule has 10 N–H and O–H groups in total. The van der Waals surface area contributed by atoms with Crippen LogP contribution < -0.4 is 16.9 Å². The van der Waals surface area contributed by atoms with E-state index >= 15 is 0 Å². The first-order valence-electron chi connectivity index (χ1n) is 8.07. The fraction of sp³-hybridized carbons (Fsp3) is 0.538. The van der Waals surface area contributed by atoms with E-state index in [1.54, 1.807) is 0 Å². The molecule has 2 rings (SSSR count). The molecule has 0 bridgehead atoms. The zero-order valence-electron chi connectivity index (χ0n) is 15.3. The van der Waals surface area contributed by atoms with Gasteiger partial charge in [-0.05, 0) is 6.07 Å². The number of ether oxygens (including phenoxy) is 1. The molecule has 1 fully saturated rings. The lowest BCUT2D eigenvalue weighted by Gasteiger charge is -2.30. The van der Waals surface area contributed by atoms with Gasteiger partial charge in [0.2, 0.25) is 0 Å². The predicted octanol–water partition coefficient (Wildman–Crippen LogP) is -3.70. The summed E-state index contributed by atoms with van der Waals surface area (Å²) in [7, 11) is -4.14. The van der Waals surface area contributed by atoms with Crippen LogP contribution in [0.5, 0.6) is 0 Å². The minimum absolute atomic E-state index is 0.00507. The van der Waals surface area contributed by atoms with Gasteiger partial charge in [-0.1, -0.05) is 0 Å². The lowest BCUT2D eigenvalue weighted by Crippen LogP contribution is -2.51. The minimum atomic E-state index is -4.14. The smallest absolute Gasteiger partial charge is 0.397 e. The Kier molecular flexibility index (Phi) is 9.01. The fourth-order valence-corrected chi connectivity index (χ4v) is 2.56. The number of anilines is 1. The largest absolute Gasteiger partial charge is 0.480 e. The van der Waals surface area contributed by atoms with Gasteiger partial charge in [-0.3, -0.25) is 19.1 Å². The molecule has 17 heteroatoms. The number of rotatable bonds is 7. The van der Waals surface area contributed by atoms with Crippen LogP contribution in [0.3, 0.4) is 0 Å². The van der Waals surface area contributed by atoms with Gasteiger partial charge < -0.3 is 40.7 Å². The van der Waals surface area contributed by atoms with Crippen molar-refractivity contribution in [3.8, 4) is 0 Å². The van der Waals surface area contributed by atoms with E-state index in [0.717, 1.165) is 9.47 Å². The monoisotopic (exact) mass is 455 g/mol. The Morgan fingerprint density at radius 1 is 1.33 bits per heavy atom. The summed E-state index contributed by atoms with van der Waals surface area (Å²) in [6.45, 7) is -1.54.